The van der Waals surface area contributed by atoms with E-state index in [1.165, 1.54) is 0 Å². The second kappa shape index (κ2) is 4.03. The first-order chi connectivity index (χ1) is 5.65. The molecule has 1 rings (SSSR count). The fourth-order valence-electron chi connectivity index (χ4n) is 0.782. The predicted molar refractivity (Wildman–Crippen MR) is 54.1 cm³/mol. The summed E-state index contributed by atoms with van der Waals surface area (Å²) in [5.74, 6) is 0. The van der Waals surface area contributed by atoms with E-state index in [1.54, 1.807) is 18.3 Å². The van der Waals surface area contributed by atoms with Crippen LogP contribution in [0.15, 0.2) is 29.4 Å². The van der Waals surface area contributed by atoms with E-state index in [0.717, 1.165) is 4.47 Å². The van der Waals surface area contributed by atoms with Crippen molar-refractivity contribution in [3.8, 4) is 0 Å². The molecule has 4 heteroatoms. The third-order valence-corrected chi connectivity index (χ3v) is 2.14. The highest BCUT2D eigenvalue weighted by Crippen LogP contribution is 2.22. The minimum absolute atomic E-state index is 0.300. The lowest BCUT2D eigenvalue weighted by atomic mass is 10.2. The van der Waals surface area contributed by atoms with E-state index < -0.39 is 0 Å². The molecule has 0 bridgehead atoms. The van der Waals surface area contributed by atoms with Gasteiger partial charge >= 0.3 is 0 Å². The molecule has 1 aromatic rings. The monoisotopic (exact) mass is 246 g/mol. The zero-order valence-electron chi connectivity index (χ0n) is 6.30. The van der Waals surface area contributed by atoms with Crippen LogP contribution in [0.5, 0.6) is 0 Å². The van der Waals surface area contributed by atoms with Crippen LogP contribution in [0.3, 0.4) is 0 Å². The van der Waals surface area contributed by atoms with E-state index in [9.17, 15) is 0 Å². The predicted octanol–water partition coefficient (Wildman–Crippen LogP) is 2.68. The van der Waals surface area contributed by atoms with E-state index in [0.29, 0.717) is 10.7 Å². The third kappa shape index (κ3) is 2.06. The maximum Gasteiger partial charge on any atom is 0.0796 e. The number of aromatic nitrogens is 1. The van der Waals surface area contributed by atoms with Gasteiger partial charge in [0.25, 0.3) is 0 Å². The van der Waals surface area contributed by atoms with Gasteiger partial charge in [-0.3, -0.25) is 4.98 Å². The molecule has 1 heterocycles. The molecule has 0 spiro atoms. The molecule has 0 aliphatic heterocycles. The summed E-state index contributed by atoms with van der Waals surface area (Å²) in [6.07, 6.45) is 3.26. The van der Waals surface area contributed by atoms with Gasteiger partial charge in [-0.05, 0) is 22.0 Å². The topological polar surface area (TPSA) is 38.9 Å². The second-order valence-corrected chi connectivity index (χ2v) is 3.60. The maximum atomic E-state index is 5.88. The van der Waals surface area contributed by atoms with Crippen LogP contribution < -0.4 is 5.73 Å². The Hall–Kier alpha value is -0.380. The highest BCUT2D eigenvalue weighted by molar-refractivity contribution is 9.10. The molecule has 0 saturated carbocycles. The lowest BCUT2D eigenvalue weighted by molar-refractivity contribution is 0.863. The molecule has 1 unspecified atom stereocenters. The molecule has 2 nitrogen and oxygen atoms in total. The fraction of sp³-hybridized carbons (Fsp3) is 0.125. The van der Waals surface area contributed by atoms with E-state index in [4.69, 9.17) is 17.3 Å². The summed E-state index contributed by atoms with van der Waals surface area (Å²) in [5.41, 5.74) is 6.31. The third-order valence-electron chi connectivity index (χ3n) is 1.41. The number of nitrogens with zero attached hydrogens (tertiary/aromatic N) is 1. The number of halogens is 2. The highest BCUT2D eigenvalue weighted by Gasteiger charge is 2.07. The van der Waals surface area contributed by atoms with Crippen LogP contribution in [0.4, 0.5) is 0 Å². The SMILES string of the molecule is C=CC(N)c1ncc(Br)cc1Cl. The standard InChI is InChI=1S/C8H8BrClN2/c1-2-7(11)8-6(10)3-5(9)4-12-8/h2-4,7H,1,11H2. The summed E-state index contributed by atoms with van der Waals surface area (Å²) in [6, 6.07) is 1.46. The Bertz CT molecular complexity index is 301. The van der Waals surface area contributed by atoms with Gasteiger partial charge in [-0.1, -0.05) is 17.7 Å². The average molecular weight is 248 g/mol. The number of pyridine rings is 1. The number of rotatable bonds is 2. The van der Waals surface area contributed by atoms with Crippen molar-refractivity contribution in [3.63, 3.8) is 0 Å². The summed E-state index contributed by atoms with van der Waals surface area (Å²) in [4.78, 5) is 4.07. The highest BCUT2D eigenvalue weighted by atomic mass is 79.9. The minimum Gasteiger partial charge on any atom is -0.319 e. The fourth-order valence-corrected chi connectivity index (χ4v) is 1.54. The zero-order valence-corrected chi connectivity index (χ0v) is 8.64. The number of hydrogen-bond donors (Lipinski definition) is 1. The van der Waals surface area contributed by atoms with Crippen molar-refractivity contribution in [1.82, 2.24) is 4.98 Å². The molecular formula is C8H8BrClN2. The summed E-state index contributed by atoms with van der Waals surface area (Å²) in [6.45, 7) is 3.57. The van der Waals surface area contributed by atoms with Crippen molar-refractivity contribution < 1.29 is 0 Å². The van der Waals surface area contributed by atoms with Crippen LogP contribution in [0.2, 0.25) is 5.02 Å². The molecule has 0 radical (unpaired) electrons. The van der Waals surface area contributed by atoms with Gasteiger partial charge in [0.2, 0.25) is 0 Å². The largest absolute Gasteiger partial charge is 0.319 e. The Morgan fingerprint density at radius 3 is 2.92 bits per heavy atom. The van der Waals surface area contributed by atoms with Gasteiger partial charge in [0.1, 0.15) is 0 Å². The Labute approximate surface area is 84.6 Å². The van der Waals surface area contributed by atoms with Crippen molar-refractivity contribution in [3.05, 3.63) is 40.1 Å². The van der Waals surface area contributed by atoms with E-state index in [1.807, 2.05) is 0 Å². The summed E-state index contributed by atoms with van der Waals surface area (Å²) >= 11 is 9.14. The zero-order chi connectivity index (χ0) is 9.14. The molecule has 1 aromatic heterocycles. The van der Waals surface area contributed by atoms with Crippen molar-refractivity contribution in [1.29, 1.82) is 0 Å². The van der Waals surface area contributed by atoms with Gasteiger partial charge in [0, 0.05) is 10.7 Å². The molecule has 0 aliphatic carbocycles. The molecule has 0 aliphatic rings. The molecule has 2 N–H and O–H groups in total. The van der Waals surface area contributed by atoms with E-state index >= 15 is 0 Å². The van der Waals surface area contributed by atoms with Crippen LogP contribution in [-0.2, 0) is 0 Å². The van der Waals surface area contributed by atoms with Crippen molar-refractivity contribution in [2.75, 3.05) is 0 Å². The van der Waals surface area contributed by atoms with Gasteiger partial charge in [0.15, 0.2) is 0 Å². The number of nitrogens with two attached hydrogens (primary N) is 1. The quantitative estimate of drug-likeness (QED) is 0.816. The van der Waals surface area contributed by atoms with Crippen LogP contribution in [-0.4, -0.2) is 4.98 Å². The maximum absolute atomic E-state index is 5.88. The Kier molecular flexibility index (Phi) is 3.26. The Morgan fingerprint density at radius 1 is 1.75 bits per heavy atom. The van der Waals surface area contributed by atoms with Crippen LogP contribution >= 0.6 is 27.5 Å². The van der Waals surface area contributed by atoms with Crippen LogP contribution in [0.25, 0.3) is 0 Å². The van der Waals surface area contributed by atoms with Gasteiger partial charge in [-0.15, -0.1) is 6.58 Å². The van der Waals surface area contributed by atoms with Crippen molar-refractivity contribution in [2.24, 2.45) is 5.73 Å². The first-order valence-electron chi connectivity index (χ1n) is 3.34. The normalized spacial score (nSPS) is 12.6. The Morgan fingerprint density at radius 2 is 2.42 bits per heavy atom. The van der Waals surface area contributed by atoms with Crippen molar-refractivity contribution >= 4 is 27.5 Å². The minimum atomic E-state index is -0.300. The lowest BCUT2D eigenvalue weighted by Gasteiger charge is -2.07. The first-order valence-corrected chi connectivity index (χ1v) is 4.51. The van der Waals surface area contributed by atoms with Gasteiger partial charge in [-0.2, -0.15) is 0 Å². The molecule has 0 aromatic carbocycles. The molecule has 12 heavy (non-hydrogen) atoms. The van der Waals surface area contributed by atoms with Gasteiger partial charge in [0.05, 0.1) is 16.8 Å². The molecule has 1 atom stereocenters. The summed E-state index contributed by atoms with van der Waals surface area (Å²) in [7, 11) is 0. The van der Waals surface area contributed by atoms with Crippen LogP contribution in [0, 0.1) is 0 Å². The molecule has 0 amide bonds. The van der Waals surface area contributed by atoms with Crippen LogP contribution in [0.1, 0.15) is 11.7 Å². The van der Waals surface area contributed by atoms with Gasteiger partial charge in [-0.25, -0.2) is 0 Å². The van der Waals surface area contributed by atoms with E-state index in [-0.39, 0.29) is 6.04 Å². The molecular weight excluding hydrogens is 239 g/mol. The molecule has 0 saturated heterocycles. The first kappa shape index (κ1) is 9.71. The lowest BCUT2D eigenvalue weighted by Crippen LogP contribution is -2.09. The average Bonchev–Trinajstić information content (AvgIpc) is 2.03. The summed E-state index contributed by atoms with van der Waals surface area (Å²) < 4.78 is 0.840. The number of hydrogen-bond acceptors (Lipinski definition) is 2. The molecule has 0 fully saturated rings. The Balaban J connectivity index is 3.09. The summed E-state index contributed by atoms with van der Waals surface area (Å²) in [5, 5.41) is 0.553. The smallest absolute Gasteiger partial charge is 0.0796 e. The van der Waals surface area contributed by atoms with Gasteiger partial charge < -0.3 is 5.73 Å². The second-order valence-electron chi connectivity index (χ2n) is 2.28. The van der Waals surface area contributed by atoms with Crippen molar-refractivity contribution in [2.45, 2.75) is 6.04 Å². The van der Waals surface area contributed by atoms with E-state index in [2.05, 4.69) is 27.5 Å². The molecule has 64 valence electrons.